The van der Waals surface area contributed by atoms with Crippen LogP contribution in [-0.4, -0.2) is 23.8 Å². The van der Waals surface area contributed by atoms with E-state index in [0.29, 0.717) is 25.2 Å². The van der Waals surface area contributed by atoms with Crippen molar-refractivity contribution in [2.24, 2.45) is 0 Å². The summed E-state index contributed by atoms with van der Waals surface area (Å²) >= 11 is 0. The second-order valence-corrected chi connectivity index (χ2v) is 4.08. The van der Waals surface area contributed by atoms with Gasteiger partial charge in [0.05, 0.1) is 5.56 Å². The van der Waals surface area contributed by atoms with Crippen molar-refractivity contribution < 1.29 is 13.2 Å². The maximum Gasteiger partial charge on any atom is 0.140 e. The molecule has 0 unspecified atom stereocenters. The maximum atomic E-state index is 13.6. The topological polar surface area (TPSA) is 27.1 Å². The van der Waals surface area contributed by atoms with Crippen LogP contribution in [0.15, 0.2) is 12.1 Å². The lowest BCUT2D eigenvalue weighted by Crippen LogP contribution is -2.33. The van der Waals surface area contributed by atoms with Crippen molar-refractivity contribution >= 4 is 5.84 Å². The first-order chi connectivity index (χ1) is 8.51. The molecule has 0 aliphatic rings. The molecule has 0 heterocycles. The fourth-order valence-electron chi connectivity index (χ4n) is 1.80. The molecule has 0 saturated heterocycles. The van der Waals surface area contributed by atoms with E-state index in [1.165, 1.54) is 0 Å². The van der Waals surface area contributed by atoms with Gasteiger partial charge >= 0.3 is 0 Å². The monoisotopic (exact) mass is 258 g/mol. The van der Waals surface area contributed by atoms with Crippen LogP contribution in [0, 0.1) is 22.9 Å². The number of nitrogens with one attached hydrogen (secondary N) is 1. The SMILES string of the molecule is CCCN(CCC)C(=N)c1c(F)cc(F)cc1F. The lowest BCUT2D eigenvalue weighted by Gasteiger charge is -2.24. The van der Waals surface area contributed by atoms with Crippen LogP contribution in [0.25, 0.3) is 0 Å². The van der Waals surface area contributed by atoms with Gasteiger partial charge < -0.3 is 4.90 Å². The van der Waals surface area contributed by atoms with Crippen LogP contribution in [-0.2, 0) is 0 Å². The lowest BCUT2D eigenvalue weighted by atomic mass is 10.1. The predicted molar refractivity (Wildman–Crippen MR) is 65.3 cm³/mol. The highest BCUT2D eigenvalue weighted by Crippen LogP contribution is 2.17. The van der Waals surface area contributed by atoms with E-state index < -0.39 is 23.0 Å². The molecule has 0 aliphatic heterocycles. The summed E-state index contributed by atoms with van der Waals surface area (Å²) in [4.78, 5) is 1.60. The Kier molecular flexibility index (Phi) is 5.19. The van der Waals surface area contributed by atoms with E-state index in [1.54, 1.807) is 4.90 Å². The fraction of sp³-hybridized carbons (Fsp3) is 0.462. The third-order valence-corrected chi connectivity index (χ3v) is 2.55. The minimum absolute atomic E-state index is 0.228. The van der Waals surface area contributed by atoms with Gasteiger partial charge in [0.15, 0.2) is 0 Å². The van der Waals surface area contributed by atoms with E-state index in [2.05, 4.69) is 0 Å². The number of hydrogen-bond donors (Lipinski definition) is 1. The molecule has 0 aromatic heterocycles. The van der Waals surface area contributed by atoms with Gasteiger partial charge in [-0.05, 0) is 12.8 Å². The molecule has 0 radical (unpaired) electrons. The van der Waals surface area contributed by atoms with Crippen molar-refractivity contribution in [2.75, 3.05) is 13.1 Å². The predicted octanol–water partition coefficient (Wildman–Crippen LogP) is 3.55. The lowest BCUT2D eigenvalue weighted by molar-refractivity contribution is 0.410. The van der Waals surface area contributed by atoms with Gasteiger partial charge in [-0.2, -0.15) is 0 Å². The second kappa shape index (κ2) is 6.42. The van der Waals surface area contributed by atoms with Gasteiger partial charge in [-0.15, -0.1) is 0 Å². The average Bonchev–Trinajstić information content (AvgIpc) is 2.27. The Morgan fingerprint density at radius 1 is 1.06 bits per heavy atom. The van der Waals surface area contributed by atoms with Gasteiger partial charge in [-0.1, -0.05) is 13.8 Å². The van der Waals surface area contributed by atoms with Gasteiger partial charge in [0.1, 0.15) is 23.3 Å². The molecule has 2 nitrogen and oxygen atoms in total. The molecule has 18 heavy (non-hydrogen) atoms. The average molecular weight is 258 g/mol. The van der Waals surface area contributed by atoms with Crippen molar-refractivity contribution in [1.29, 1.82) is 5.41 Å². The van der Waals surface area contributed by atoms with Crippen LogP contribution in [0.4, 0.5) is 13.2 Å². The van der Waals surface area contributed by atoms with E-state index >= 15 is 0 Å². The van der Waals surface area contributed by atoms with Crippen molar-refractivity contribution in [3.63, 3.8) is 0 Å². The molecule has 100 valence electrons. The molecule has 1 aromatic carbocycles. The number of halogens is 3. The van der Waals surface area contributed by atoms with Crippen LogP contribution in [0.5, 0.6) is 0 Å². The number of hydrogen-bond acceptors (Lipinski definition) is 1. The third-order valence-electron chi connectivity index (χ3n) is 2.55. The van der Waals surface area contributed by atoms with Crippen LogP contribution >= 0.6 is 0 Å². The molecule has 0 saturated carbocycles. The summed E-state index contributed by atoms with van der Waals surface area (Å²) in [5.41, 5.74) is -0.460. The summed E-state index contributed by atoms with van der Waals surface area (Å²) in [6.07, 6.45) is 1.54. The molecule has 1 N–H and O–H groups in total. The zero-order valence-corrected chi connectivity index (χ0v) is 10.6. The highest BCUT2D eigenvalue weighted by Gasteiger charge is 2.20. The molecular formula is C13H17F3N2. The number of benzene rings is 1. The summed E-state index contributed by atoms with van der Waals surface area (Å²) < 4.78 is 39.9. The van der Waals surface area contributed by atoms with E-state index in [4.69, 9.17) is 5.41 Å². The summed E-state index contributed by atoms with van der Waals surface area (Å²) in [7, 11) is 0. The Balaban J connectivity index is 3.08. The maximum absolute atomic E-state index is 13.6. The third kappa shape index (κ3) is 3.24. The van der Waals surface area contributed by atoms with Gasteiger partial charge in [0.25, 0.3) is 0 Å². The minimum atomic E-state index is -1.03. The van der Waals surface area contributed by atoms with Crippen molar-refractivity contribution in [1.82, 2.24) is 4.90 Å². The second-order valence-electron chi connectivity index (χ2n) is 4.08. The first-order valence-corrected chi connectivity index (χ1v) is 5.99. The highest BCUT2D eigenvalue weighted by molar-refractivity contribution is 5.96. The smallest absolute Gasteiger partial charge is 0.140 e. The molecule has 0 bridgehead atoms. The molecular weight excluding hydrogens is 241 g/mol. The van der Waals surface area contributed by atoms with Crippen LogP contribution < -0.4 is 0 Å². The Bertz CT molecular complexity index is 403. The van der Waals surface area contributed by atoms with E-state index in [-0.39, 0.29) is 5.84 Å². The van der Waals surface area contributed by atoms with Crippen molar-refractivity contribution in [3.8, 4) is 0 Å². The molecule has 5 heteroatoms. The van der Waals surface area contributed by atoms with Gasteiger partial charge in [-0.3, -0.25) is 5.41 Å². The quantitative estimate of drug-likeness (QED) is 0.634. The molecule has 0 spiro atoms. The van der Waals surface area contributed by atoms with Gasteiger partial charge in [0, 0.05) is 25.2 Å². The standard InChI is InChI=1S/C13H17F3N2/c1-3-5-18(6-4-2)13(17)12-10(15)7-9(14)8-11(12)16/h7-8,17H,3-6H2,1-2H3. The normalized spacial score (nSPS) is 10.5. The largest absolute Gasteiger partial charge is 0.356 e. The van der Waals surface area contributed by atoms with E-state index in [0.717, 1.165) is 12.8 Å². The molecule has 1 rings (SSSR count). The molecule has 1 aromatic rings. The Morgan fingerprint density at radius 2 is 1.50 bits per heavy atom. The first-order valence-electron chi connectivity index (χ1n) is 5.99. The van der Waals surface area contributed by atoms with E-state index in [1.807, 2.05) is 13.8 Å². The summed E-state index contributed by atoms with van der Waals surface area (Å²) in [6, 6.07) is 1.20. The molecule has 0 aliphatic carbocycles. The zero-order valence-electron chi connectivity index (χ0n) is 10.6. The number of rotatable bonds is 5. The van der Waals surface area contributed by atoms with Crippen LogP contribution in [0.2, 0.25) is 0 Å². The van der Waals surface area contributed by atoms with Gasteiger partial charge in [-0.25, -0.2) is 13.2 Å². The Hall–Kier alpha value is -1.52. The Morgan fingerprint density at radius 3 is 1.89 bits per heavy atom. The van der Waals surface area contributed by atoms with Gasteiger partial charge in [0.2, 0.25) is 0 Å². The zero-order chi connectivity index (χ0) is 13.7. The summed E-state index contributed by atoms with van der Waals surface area (Å²) in [5, 5.41) is 7.87. The summed E-state index contributed by atoms with van der Waals surface area (Å²) in [5.74, 6) is -3.27. The molecule has 0 fully saturated rings. The van der Waals surface area contributed by atoms with E-state index in [9.17, 15) is 13.2 Å². The van der Waals surface area contributed by atoms with Crippen molar-refractivity contribution in [3.05, 3.63) is 35.1 Å². The minimum Gasteiger partial charge on any atom is -0.356 e. The molecule has 0 amide bonds. The number of amidine groups is 1. The highest BCUT2D eigenvalue weighted by atomic mass is 19.1. The fourth-order valence-corrected chi connectivity index (χ4v) is 1.80. The number of nitrogens with zero attached hydrogens (tertiary/aromatic N) is 1. The van der Waals surface area contributed by atoms with Crippen molar-refractivity contribution in [2.45, 2.75) is 26.7 Å². The van der Waals surface area contributed by atoms with Crippen LogP contribution in [0.3, 0.4) is 0 Å². The molecule has 0 atom stereocenters. The van der Waals surface area contributed by atoms with Crippen LogP contribution in [0.1, 0.15) is 32.3 Å². The summed E-state index contributed by atoms with van der Waals surface area (Å²) in [6.45, 7) is 4.94. The first kappa shape index (κ1) is 14.5. The Labute approximate surface area is 105 Å².